The second-order valence-electron chi connectivity index (χ2n) is 3.10. The summed E-state index contributed by atoms with van der Waals surface area (Å²) < 4.78 is 6.05. The third-order valence-corrected chi connectivity index (χ3v) is 2.57. The molecule has 0 spiro atoms. The number of nitrogen functional groups attached to an aromatic ring is 1. The maximum absolute atomic E-state index is 5.48. The smallest absolute Gasteiger partial charge is 0.170 e. The highest BCUT2D eigenvalue weighted by Crippen LogP contribution is 2.29. The fourth-order valence-corrected chi connectivity index (χ4v) is 1.92. The average Bonchev–Trinajstić information content (AvgIpc) is 2.51. The number of aromatic nitrogens is 1. The third kappa shape index (κ3) is 1.65. The number of nitrogens with zero attached hydrogens (tertiary/aromatic N) is 1. The summed E-state index contributed by atoms with van der Waals surface area (Å²) in [6.07, 6.45) is 0. The van der Waals surface area contributed by atoms with Crippen LogP contribution in [0.25, 0.3) is 11.3 Å². The van der Waals surface area contributed by atoms with Gasteiger partial charge in [-0.3, -0.25) is 0 Å². The standard InChI is InChI=1S/C10H9BrN2O/c1-6-2-3-7(8(11)4-6)9-5-10(12)13-14-9/h2-5H,1H3,(H2,12,13). The van der Waals surface area contributed by atoms with Crippen LogP contribution in [-0.2, 0) is 0 Å². The molecule has 0 radical (unpaired) electrons. The minimum Gasteiger partial charge on any atom is -0.381 e. The van der Waals surface area contributed by atoms with Gasteiger partial charge in [-0.1, -0.05) is 27.2 Å². The third-order valence-electron chi connectivity index (χ3n) is 1.92. The van der Waals surface area contributed by atoms with Gasteiger partial charge in [0.05, 0.1) is 0 Å². The lowest BCUT2D eigenvalue weighted by Crippen LogP contribution is -1.80. The molecule has 0 unspecified atom stereocenters. The minimum absolute atomic E-state index is 0.396. The molecule has 14 heavy (non-hydrogen) atoms. The number of benzene rings is 1. The van der Waals surface area contributed by atoms with E-state index in [9.17, 15) is 0 Å². The van der Waals surface area contributed by atoms with Crippen LogP contribution in [0.2, 0.25) is 0 Å². The summed E-state index contributed by atoms with van der Waals surface area (Å²) in [5.41, 5.74) is 7.62. The van der Waals surface area contributed by atoms with E-state index < -0.39 is 0 Å². The second-order valence-corrected chi connectivity index (χ2v) is 3.95. The molecule has 2 N–H and O–H groups in total. The van der Waals surface area contributed by atoms with E-state index in [1.54, 1.807) is 6.07 Å². The van der Waals surface area contributed by atoms with Crippen molar-refractivity contribution in [3.63, 3.8) is 0 Å². The Bertz CT molecular complexity index is 465. The first-order chi connectivity index (χ1) is 6.66. The Morgan fingerprint density at radius 1 is 1.36 bits per heavy atom. The monoisotopic (exact) mass is 252 g/mol. The molecule has 1 aromatic heterocycles. The van der Waals surface area contributed by atoms with Crippen molar-refractivity contribution in [2.45, 2.75) is 6.92 Å². The van der Waals surface area contributed by atoms with Crippen LogP contribution in [-0.4, -0.2) is 5.16 Å². The number of hydrogen-bond acceptors (Lipinski definition) is 3. The molecule has 2 rings (SSSR count). The predicted octanol–water partition coefficient (Wildman–Crippen LogP) is 2.99. The Morgan fingerprint density at radius 3 is 2.71 bits per heavy atom. The van der Waals surface area contributed by atoms with Gasteiger partial charge < -0.3 is 10.3 Å². The van der Waals surface area contributed by atoms with Gasteiger partial charge in [0, 0.05) is 16.1 Å². The Morgan fingerprint density at radius 2 is 2.14 bits per heavy atom. The summed E-state index contributed by atoms with van der Waals surface area (Å²) in [6, 6.07) is 7.71. The molecule has 1 aromatic carbocycles. The summed E-state index contributed by atoms with van der Waals surface area (Å²) in [7, 11) is 0. The van der Waals surface area contributed by atoms with Crippen LogP contribution in [0.4, 0.5) is 5.82 Å². The first kappa shape index (κ1) is 9.27. The van der Waals surface area contributed by atoms with Gasteiger partial charge in [-0.2, -0.15) is 0 Å². The van der Waals surface area contributed by atoms with Crippen molar-refractivity contribution in [1.29, 1.82) is 0 Å². The summed E-state index contributed by atoms with van der Waals surface area (Å²) in [5, 5.41) is 3.64. The fraction of sp³-hybridized carbons (Fsp3) is 0.100. The van der Waals surface area contributed by atoms with Crippen LogP contribution < -0.4 is 5.73 Å². The molecule has 4 heteroatoms. The van der Waals surface area contributed by atoms with E-state index in [2.05, 4.69) is 21.1 Å². The highest BCUT2D eigenvalue weighted by atomic mass is 79.9. The normalized spacial score (nSPS) is 10.4. The lowest BCUT2D eigenvalue weighted by atomic mass is 10.1. The first-order valence-corrected chi connectivity index (χ1v) is 4.95. The van der Waals surface area contributed by atoms with Gasteiger partial charge in [-0.15, -0.1) is 0 Å². The largest absolute Gasteiger partial charge is 0.381 e. The van der Waals surface area contributed by atoms with Crippen molar-refractivity contribution in [2.24, 2.45) is 0 Å². The second kappa shape index (κ2) is 3.46. The van der Waals surface area contributed by atoms with Gasteiger partial charge in [0.25, 0.3) is 0 Å². The van der Waals surface area contributed by atoms with Crippen LogP contribution in [0.3, 0.4) is 0 Å². The zero-order chi connectivity index (χ0) is 10.1. The van der Waals surface area contributed by atoms with Gasteiger partial charge in [-0.05, 0) is 24.6 Å². The SMILES string of the molecule is Cc1ccc(-c2cc(N)no2)c(Br)c1. The van der Waals surface area contributed by atoms with Crippen LogP contribution in [0.5, 0.6) is 0 Å². The van der Waals surface area contributed by atoms with Gasteiger partial charge in [-0.25, -0.2) is 0 Å². The molecule has 0 amide bonds. The number of halogens is 1. The van der Waals surface area contributed by atoms with Crippen molar-refractivity contribution in [3.05, 3.63) is 34.3 Å². The predicted molar refractivity (Wildman–Crippen MR) is 58.8 cm³/mol. The maximum Gasteiger partial charge on any atom is 0.170 e. The number of rotatable bonds is 1. The van der Waals surface area contributed by atoms with E-state index in [-0.39, 0.29) is 0 Å². The molecule has 0 atom stereocenters. The highest BCUT2D eigenvalue weighted by Gasteiger charge is 2.08. The van der Waals surface area contributed by atoms with Crippen molar-refractivity contribution < 1.29 is 4.52 Å². The van der Waals surface area contributed by atoms with Crippen LogP contribution in [0.1, 0.15) is 5.56 Å². The van der Waals surface area contributed by atoms with Crippen molar-refractivity contribution in [3.8, 4) is 11.3 Å². The maximum atomic E-state index is 5.48. The molecule has 0 saturated carbocycles. The Labute approximate surface area is 90.0 Å². The van der Waals surface area contributed by atoms with E-state index in [0.29, 0.717) is 11.6 Å². The summed E-state index contributed by atoms with van der Waals surface area (Å²) in [5.74, 6) is 1.07. The van der Waals surface area contributed by atoms with Crippen molar-refractivity contribution >= 4 is 21.7 Å². The van der Waals surface area contributed by atoms with Gasteiger partial charge in [0.1, 0.15) is 0 Å². The van der Waals surface area contributed by atoms with Gasteiger partial charge in [0.15, 0.2) is 11.6 Å². The minimum atomic E-state index is 0.396. The molecule has 0 aliphatic rings. The lowest BCUT2D eigenvalue weighted by molar-refractivity contribution is 0.435. The molecule has 72 valence electrons. The van der Waals surface area contributed by atoms with Crippen molar-refractivity contribution in [2.75, 3.05) is 5.73 Å². The van der Waals surface area contributed by atoms with E-state index in [1.165, 1.54) is 5.56 Å². The van der Waals surface area contributed by atoms with Crippen LogP contribution in [0.15, 0.2) is 33.3 Å². The summed E-state index contributed by atoms with van der Waals surface area (Å²) in [6.45, 7) is 2.03. The fourth-order valence-electron chi connectivity index (χ4n) is 1.24. The van der Waals surface area contributed by atoms with E-state index >= 15 is 0 Å². The van der Waals surface area contributed by atoms with E-state index in [4.69, 9.17) is 10.3 Å². The van der Waals surface area contributed by atoms with E-state index in [0.717, 1.165) is 10.0 Å². The van der Waals surface area contributed by atoms with Crippen LogP contribution in [0, 0.1) is 6.92 Å². The molecular formula is C10H9BrN2O. The Kier molecular flexibility index (Phi) is 2.29. The first-order valence-electron chi connectivity index (χ1n) is 4.15. The molecule has 0 saturated heterocycles. The number of aryl methyl sites for hydroxylation is 1. The van der Waals surface area contributed by atoms with Crippen molar-refractivity contribution in [1.82, 2.24) is 5.16 Å². The number of hydrogen-bond donors (Lipinski definition) is 1. The molecule has 0 aliphatic carbocycles. The van der Waals surface area contributed by atoms with E-state index in [1.807, 2.05) is 25.1 Å². The zero-order valence-corrected chi connectivity index (χ0v) is 9.21. The van der Waals surface area contributed by atoms with Gasteiger partial charge >= 0.3 is 0 Å². The highest BCUT2D eigenvalue weighted by molar-refractivity contribution is 9.10. The average molecular weight is 253 g/mol. The summed E-state index contributed by atoms with van der Waals surface area (Å²) in [4.78, 5) is 0. The molecular weight excluding hydrogens is 244 g/mol. The molecule has 0 bridgehead atoms. The molecule has 3 nitrogen and oxygen atoms in total. The number of nitrogens with two attached hydrogens (primary N) is 1. The Hall–Kier alpha value is -1.29. The molecule has 0 fully saturated rings. The summed E-state index contributed by atoms with van der Waals surface area (Å²) >= 11 is 3.46. The molecule has 0 aliphatic heterocycles. The van der Waals surface area contributed by atoms with Crippen LogP contribution >= 0.6 is 15.9 Å². The topological polar surface area (TPSA) is 52.0 Å². The zero-order valence-electron chi connectivity index (χ0n) is 7.62. The van der Waals surface area contributed by atoms with Gasteiger partial charge in [0.2, 0.25) is 0 Å². The molecule has 2 aromatic rings. The number of anilines is 1. The lowest BCUT2D eigenvalue weighted by Gasteiger charge is -2.00. The molecule has 1 heterocycles. The quantitative estimate of drug-likeness (QED) is 0.849. The Balaban J connectivity index is 2.52.